The number of para-hydroxylation sites is 2. The van der Waals surface area contributed by atoms with Crippen LogP contribution in [0.15, 0.2) is 24.3 Å². The molecule has 1 N–H and O–H groups in total. The number of rotatable bonds is 5. The van der Waals surface area contributed by atoms with Gasteiger partial charge in [-0.2, -0.15) is 0 Å². The molecular formula is C15H21N3O2. The van der Waals surface area contributed by atoms with Crippen molar-refractivity contribution in [3.05, 3.63) is 24.3 Å². The van der Waals surface area contributed by atoms with Gasteiger partial charge in [0.15, 0.2) is 0 Å². The Morgan fingerprint density at radius 1 is 1.30 bits per heavy atom. The lowest BCUT2D eigenvalue weighted by Crippen LogP contribution is -2.35. The van der Waals surface area contributed by atoms with Crippen LogP contribution in [0.3, 0.4) is 0 Å². The van der Waals surface area contributed by atoms with Crippen molar-refractivity contribution in [3.8, 4) is 0 Å². The first kappa shape index (κ1) is 14.4. The predicted molar refractivity (Wildman–Crippen MR) is 79.8 cm³/mol. The van der Waals surface area contributed by atoms with E-state index in [0.717, 1.165) is 17.8 Å². The van der Waals surface area contributed by atoms with Crippen LogP contribution in [0.4, 0.5) is 11.4 Å². The molecule has 5 heteroatoms. The summed E-state index contributed by atoms with van der Waals surface area (Å²) in [6, 6.07) is 7.32. The van der Waals surface area contributed by atoms with Crippen LogP contribution in [0.1, 0.15) is 19.8 Å². The number of nitrogens with one attached hydrogen (secondary N) is 1. The van der Waals surface area contributed by atoms with Gasteiger partial charge in [0.25, 0.3) is 5.91 Å². The Hall–Kier alpha value is -2.04. The molecule has 2 rings (SSSR count). The Morgan fingerprint density at radius 2 is 2.00 bits per heavy atom. The highest BCUT2D eigenvalue weighted by Crippen LogP contribution is 2.26. The lowest BCUT2D eigenvalue weighted by atomic mass is 10.2. The first-order chi connectivity index (χ1) is 9.54. The number of carbonyl (C=O) groups excluding carboxylic acids is 2. The van der Waals surface area contributed by atoms with Crippen LogP contribution in [0.2, 0.25) is 0 Å². The van der Waals surface area contributed by atoms with Crippen molar-refractivity contribution in [2.45, 2.75) is 25.8 Å². The van der Waals surface area contributed by atoms with Crippen LogP contribution in [-0.2, 0) is 9.59 Å². The second-order valence-corrected chi connectivity index (χ2v) is 5.20. The second kappa shape index (κ2) is 5.94. The first-order valence-corrected chi connectivity index (χ1v) is 6.91. The van der Waals surface area contributed by atoms with Crippen molar-refractivity contribution in [2.75, 3.05) is 30.9 Å². The second-order valence-electron chi connectivity index (χ2n) is 5.20. The molecule has 1 heterocycles. The summed E-state index contributed by atoms with van der Waals surface area (Å²) in [7, 11) is 3.90. The molecule has 1 fully saturated rings. The number of likely N-dealkylation sites (tertiary alicyclic amines) is 1. The van der Waals surface area contributed by atoms with E-state index < -0.39 is 6.04 Å². The van der Waals surface area contributed by atoms with Crippen LogP contribution >= 0.6 is 0 Å². The van der Waals surface area contributed by atoms with Crippen molar-refractivity contribution in [2.24, 2.45) is 0 Å². The van der Waals surface area contributed by atoms with Crippen LogP contribution in [0.25, 0.3) is 0 Å². The topological polar surface area (TPSA) is 52.7 Å². The van der Waals surface area contributed by atoms with E-state index >= 15 is 0 Å². The molecule has 1 aromatic rings. The van der Waals surface area contributed by atoms with Crippen LogP contribution < -0.4 is 10.2 Å². The Labute approximate surface area is 119 Å². The van der Waals surface area contributed by atoms with Crippen LogP contribution in [0.5, 0.6) is 0 Å². The van der Waals surface area contributed by atoms with Gasteiger partial charge < -0.3 is 10.2 Å². The van der Waals surface area contributed by atoms with E-state index in [0.29, 0.717) is 6.54 Å². The highest BCUT2D eigenvalue weighted by atomic mass is 16.2. The molecule has 5 nitrogen and oxygen atoms in total. The average molecular weight is 275 g/mol. The molecule has 0 aliphatic carbocycles. The third kappa shape index (κ3) is 2.76. The smallest absolute Gasteiger partial charge is 0.252 e. The molecule has 0 radical (unpaired) electrons. The van der Waals surface area contributed by atoms with E-state index in [9.17, 15) is 9.59 Å². The fourth-order valence-corrected chi connectivity index (χ4v) is 2.43. The Bertz CT molecular complexity index is 514. The van der Waals surface area contributed by atoms with E-state index in [1.165, 1.54) is 4.90 Å². The van der Waals surface area contributed by atoms with E-state index in [-0.39, 0.29) is 18.2 Å². The minimum absolute atomic E-state index is 0.0864. The minimum Gasteiger partial charge on any atom is -0.376 e. The van der Waals surface area contributed by atoms with Gasteiger partial charge in [0, 0.05) is 20.6 Å². The molecule has 1 aliphatic rings. The quantitative estimate of drug-likeness (QED) is 0.831. The molecule has 20 heavy (non-hydrogen) atoms. The highest BCUT2D eigenvalue weighted by Gasteiger charge is 2.38. The lowest BCUT2D eigenvalue weighted by molar-refractivity contribution is -0.138. The summed E-state index contributed by atoms with van der Waals surface area (Å²) in [4.78, 5) is 27.4. The molecule has 108 valence electrons. The van der Waals surface area contributed by atoms with Crippen molar-refractivity contribution in [3.63, 3.8) is 0 Å². The van der Waals surface area contributed by atoms with E-state index in [4.69, 9.17) is 0 Å². The molecule has 0 saturated carbocycles. The molecule has 1 aliphatic heterocycles. The molecule has 1 unspecified atom stereocenters. The van der Waals surface area contributed by atoms with Gasteiger partial charge in [-0.25, -0.2) is 0 Å². The monoisotopic (exact) mass is 275 g/mol. The fraction of sp³-hybridized carbons (Fsp3) is 0.467. The van der Waals surface area contributed by atoms with Crippen molar-refractivity contribution >= 4 is 23.2 Å². The van der Waals surface area contributed by atoms with Gasteiger partial charge in [0.2, 0.25) is 5.91 Å². The third-order valence-electron chi connectivity index (χ3n) is 3.41. The molecule has 1 aromatic carbocycles. The highest BCUT2D eigenvalue weighted by molar-refractivity contribution is 6.07. The fourth-order valence-electron chi connectivity index (χ4n) is 2.43. The molecule has 0 spiro atoms. The standard InChI is InChI=1S/C15H21N3O2/c1-4-9-18-14(19)10-12(15(18)20)16-11-7-5-6-8-13(11)17(2)3/h5-8,12,16H,4,9-10H2,1-3H3. The maximum atomic E-state index is 12.2. The predicted octanol–water partition coefficient (Wildman–Crippen LogP) is 1.70. The zero-order valence-electron chi connectivity index (χ0n) is 12.2. The van der Waals surface area contributed by atoms with Crippen molar-refractivity contribution in [1.82, 2.24) is 4.90 Å². The van der Waals surface area contributed by atoms with E-state index in [1.807, 2.05) is 50.2 Å². The SMILES string of the molecule is CCCN1C(=O)CC(Nc2ccccc2N(C)C)C1=O. The van der Waals surface area contributed by atoms with Gasteiger partial charge in [0.05, 0.1) is 17.8 Å². The van der Waals surface area contributed by atoms with Gasteiger partial charge in [0.1, 0.15) is 6.04 Å². The largest absolute Gasteiger partial charge is 0.376 e. The number of nitrogens with zero attached hydrogens (tertiary/aromatic N) is 2. The summed E-state index contributed by atoms with van der Waals surface area (Å²) in [6.45, 7) is 2.47. The van der Waals surface area contributed by atoms with Crippen LogP contribution in [0, 0.1) is 0 Å². The summed E-state index contributed by atoms with van der Waals surface area (Å²) < 4.78 is 0. The number of benzene rings is 1. The summed E-state index contributed by atoms with van der Waals surface area (Å²) >= 11 is 0. The Kier molecular flexibility index (Phi) is 4.27. The van der Waals surface area contributed by atoms with Gasteiger partial charge in [-0.1, -0.05) is 19.1 Å². The summed E-state index contributed by atoms with van der Waals surface area (Å²) in [5.41, 5.74) is 1.88. The first-order valence-electron chi connectivity index (χ1n) is 6.91. The number of amides is 2. The average Bonchev–Trinajstić information content (AvgIpc) is 2.67. The Balaban J connectivity index is 2.15. The zero-order valence-corrected chi connectivity index (χ0v) is 12.2. The van der Waals surface area contributed by atoms with Gasteiger partial charge >= 0.3 is 0 Å². The van der Waals surface area contributed by atoms with Gasteiger partial charge in [-0.05, 0) is 18.6 Å². The summed E-state index contributed by atoms with van der Waals surface area (Å²) in [5.74, 6) is -0.206. The maximum absolute atomic E-state index is 12.2. The summed E-state index contributed by atoms with van der Waals surface area (Å²) in [5, 5.41) is 3.21. The van der Waals surface area contributed by atoms with E-state index in [2.05, 4.69) is 5.32 Å². The molecular weight excluding hydrogens is 254 g/mol. The minimum atomic E-state index is -0.449. The number of hydrogen-bond acceptors (Lipinski definition) is 4. The van der Waals surface area contributed by atoms with Crippen molar-refractivity contribution < 1.29 is 9.59 Å². The lowest BCUT2D eigenvalue weighted by Gasteiger charge is -2.21. The number of anilines is 2. The Morgan fingerprint density at radius 3 is 2.65 bits per heavy atom. The number of imide groups is 1. The molecule has 2 amide bonds. The van der Waals surface area contributed by atoms with Gasteiger partial charge in [-0.15, -0.1) is 0 Å². The molecule has 1 atom stereocenters. The summed E-state index contributed by atoms with van der Waals surface area (Å²) in [6.07, 6.45) is 1.03. The zero-order chi connectivity index (χ0) is 14.7. The van der Waals surface area contributed by atoms with Crippen molar-refractivity contribution in [1.29, 1.82) is 0 Å². The maximum Gasteiger partial charge on any atom is 0.252 e. The molecule has 0 aromatic heterocycles. The van der Waals surface area contributed by atoms with E-state index in [1.54, 1.807) is 0 Å². The normalized spacial score (nSPS) is 18.6. The van der Waals surface area contributed by atoms with Crippen LogP contribution in [-0.4, -0.2) is 43.4 Å². The number of hydrogen-bond donors (Lipinski definition) is 1. The molecule has 0 bridgehead atoms. The molecule has 1 saturated heterocycles. The third-order valence-corrected chi connectivity index (χ3v) is 3.41. The van der Waals surface area contributed by atoms with Gasteiger partial charge in [-0.3, -0.25) is 14.5 Å². The number of carbonyl (C=O) groups is 2.